The van der Waals surface area contributed by atoms with Gasteiger partial charge in [-0.15, -0.1) is 11.8 Å². The number of rotatable bonds is 5. The summed E-state index contributed by atoms with van der Waals surface area (Å²) in [5.74, 6) is -0.867. The number of thioether (sulfide) groups is 1. The largest absolute Gasteiger partial charge is 0.480 e. The van der Waals surface area contributed by atoms with Gasteiger partial charge in [0.25, 0.3) is 0 Å². The summed E-state index contributed by atoms with van der Waals surface area (Å²) in [6.07, 6.45) is 0.486. The van der Waals surface area contributed by atoms with Gasteiger partial charge in [-0.2, -0.15) is 12.6 Å². The van der Waals surface area contributed by atoms with Crippen LogP contribution in [0.4, 0.5) is 0 Å². The molecule has 0 spiro atoms. The Morgan fingerprint density at radius 2 is 2.10 bits per heavy atom. The SMILES string of the molecule is C[C@H](CS)C(=O)N1CC(Sc2ccccc2)C[C@H]1C(=O)O. The van der Waals surface area contributed by atoms with Gasteiger partial charge in [0, 0.05) is 28.4 Å². The second kappa shape index (κ2) is 7.22. The van der Waals surface area contributed by atoms with Gasteiger partial charge in [0.2, 0.25) is 5.91 Å². The molecule has 0 aliphatic carbocycles. The van der Waals surface area contributed by atoms with E-state index in [2.05, 4.69) is 12.6 Å². The molecule has 6 heteroatoms. The molecule has 3 atom stereocenters. The van der Waals surface area contributed by atoms with Crippen LogP contribution in [0.5, 0.6) is 0 Å². The fourth-order valence-corrected chi connectivity index (χ4v) is 3.78. The maximum absolute atomic E-state index is 12.3. The first kappa shape index (κ1) is 16.2. The molecule has 1 aromatic carbocycles. The normalized spacial score (nSPS) is 23.0. The van der Waals surface area contributed by atoms with Crippen molar-refractivity contribution in [3.63, 3.8) is 0 Å². The maximum atomic E-state index is 12.3. The number of carbonyl (C=O) groups excluding carboxylic acids is 1. The third kappa shape index (κ3) is 3.95. The van der Waals surface area contributed by atoms with Crippen molar-refractivity contribution in [1.82, 2.24) is 4.90 Å². The second-order valence-electron chi connectivity index (χ2n) is 5.22. The number of hydrogen-bond acceptors (Lipinski definition) is 4. The molecule has 1 N–H and O–H groups in total. The zero-order valence-electron chi connectivity index (χ0n) is 11.8. The zero-order chi connectivity index (χ0) is 15.4. The summed E-state index contributed by atoms with van der Waals surface area (Å²) in [4.78, 5) is 26.3. The van der Waals surface area contributed by atoms with E-state index in [9.17, 15) is 14.7 Å². The van der Waals surface area contributed by atoms with Gasteiger partial charge in [-0.25, -0.2) is 4.79 Å². The van der Waals surface area contributed by atoms with Crippen LogP contribution in [0.25, 0.3) is 0 Å². The van der Waals surface area contributed by atoms with E-state index in [1.54, 1.807) is 18.7 Å². The Hall–Kier alpha value is -1.14. The summed E-state index contributed by atoms with van der Waals surface area (Å²) in [5, 5.41) is 9.46. The number of aliphatic carboxylic acids is 1. The average molecular weight is 325 g/mol. The van der Waals surface area contributed by atoms with Crippen LogP contribution in [0.3, 0.4) is 0 Å². The lowest BCUT2D eigenvalue weighted by Crippen LogP contribution is -2.43. The molecule has 1 heterocycles. The van der Waals surface area contributed by atoms with E-state index in [1.807, 2.05) is 30.3 Å². The summed E-state index contributed by atoms with van der Waals surface area (Å²) in [6, 6.07) is 9.14. The molecule has 1 amide bonds. The third-order valence-electron chi connectivity index (χ3n) is 3.57. The van der Waals surface area contributed by atoms with Crippen molar-refractivity contribution in [2.24, 2.45) is 5.92 Å². The Morgan fingerprint density at radius 3 is 2.67 bits per heavy atom. The molecule has 21 heavy (non-hydrogen) atoms. The first-order chi connectivity index (χ1) is 10.0. The van der Waals surface area contributed by atoms with Crippen LogP contribution < -0.4 is 0 Å². The van der Waals surface area contributed by atoms with E-state index in [-0.39, 0.29) is 17.1 Å². The zero-order valence-corrected chi connectivity index (χ0v) is 13.5. The van der Waals surface area contributed by atoms with Gasteiger partial charge in [0.05, 0.1) is 0 Å². The first-order valence-electron chi connectivity index (χ1n) is 6.88. The topological polar surface area (TPSA) is 57.6 Å². The van der Waals surface area contributed by atoms with E-state index in [0.717, 1.165) is 4.90 Å². The number of hydrogen-bond donors (Lipinski definition) is 2. The predicted octanol–water partition coefficient (Wildman–Crippen LogP) is 2.40. The molecule has 0 aromatic heterocycles. The van der Waals surface area contributed by atoms with Crippen molar-refractivity contribution >= 4 is 36.3 Å². The minimum atomic E-state index is -0.925. The van der Waals surface area contributed by atoms with Gasteiger partial charge in [0.15, 0.2) is 0 Å². The van der Waals surface area contributed by atoms with Crippen LogP contribution in [0.1, 0.15) is 13.3 Å². The van der Waals surface area contributed by atoms with Gasteiger partial charge in [-0.1, -0.05) is 25.1 Å². The molecule has 1 aromatic rings. The quantitative estimate of drug-likeness (QED) is 0.816. The number of likely N-dealkylation sites (tertiary alicyclic amines) is 1. The average Bonchev–Trinajstić information content (AvgIpc) is 2.90. The minimum absolute atomic E-state index is 0.115. The summed E-state index contributed by atoms with van der Waals surface area (Å²) in [7, 11) is 0. The van der Waals surface area contributed by atoms with Crippen LogP contribution >= 0.6 is 24.4 Å². The highest BCUT2D eigenvalue weighted by Crippen LogP contribution is 2.33. The molecular weight excluding hydrogens is 306 g/mol. The molecule has 0 saturated carbocycles. The molecule has 2 rings (SSSR count). The predicted molar refractivity (Wildman–Crippen MR) is 86.9 cm³/mol. The van der Waals surface area contributed by atoms with Crippen molar-refractivity contribution in [2.45, 2.75) is 29.5 Å². The molecule has 1 aliphatic heterocycles. The number of carboxylic acid groups (broad SMARTS) is 1. The molecule has 1 unspecified atom stereocenters. The van der Waals surface area contributed by atoms with E-state index in [4.69, 9.17) is 0 Å². The van der Waals surface area contributed by atoms with Gasteiger partial charge >= 0.3 is 5.97 Å². The van der Waals surface area contributed by atoms with E-state index in [0.29, 0.717) is 18.7 Å². The van der Waals surface area contributed by atoms with Crippen molar-refractivity contribution in [3.8, 4) is 0 Å². The molecule has 114 valence electrons. The second-order valence-corrected chi connectivity index (χ2v) is 6.96. The number of thiol groups is 1. The van der Waals surface area contributed by atoms with Gasteiger partial charge in [0.1, 0.15) is 6.04 Å². The van der Waals surface area contributed by atoms with Crippen LogP contribution in [0.2, 0.25) is 0 Å². The summed E-state index contributed by atoms with van der Waals surface area (Å²) in [6.45, 7) is 2.26. The Bertz CT molecular complexity index is 509. The number of carboxylic acids is 1. The molecule has 0 bridgehead atoms. The maximum Gasteiger partial charge on any atom is 0.326 e. The number of carbonyl (C=O) groups is 2. The van der Waals surface area contributed by atoms with Crippen LogP contribution in [0, 0.1) is 5.92 Å². The number of amides is 1. The molecule has 1 fully saturated rings. The number of nitrogens with zero attached hydrogens (tertiary/aromatic N) is 1. The lowest BCUT2D eigenvalue weighted by Gasteiger charge is -2.24. The lowest BCUT2D eigenvalue weighted by atomic mass is 10.1. The highest BCUT2D eigenvalue weighted by atomic mass is 32.2. The molecule has 4 nitrogen and oxygen atoms in total. The standard InChI is InChI=1S/C15H19NO3S2/c1-10(9-20)14(17)16-8-12(7-13(16)15(18)19)21-11-5-3-2-4-6-11/h2-6,10,12-13,20H,7-9H2,1H3,(H,18,19)/t10-,12?,13+/m1/s1. The van der Waals surface area contributed by atoms with Gasteiger partial charge in [-0.3, -0.25) is 4.79 Å². The summed E-state index contributed by atoms with van der Waals surface area (Å²) in [5.41, 5.74) is 0. The first-order valence-corrected chi connectivity index (χ1v) is 8.40. The minimum Gasteiger partial charge on any atom is -0.480 e. The Kier molecular flexibility index (Phi) is 5.58. The monoisotopic (exact) mass is 325 g/mol. The lowest BCUT2D eigenvalue weighted by molar-refractivity contribution is -0.149. The van der Waals surface area contributed by atoms with Crippen molar-refractivity contribution in [2.75, 3.05) is 12.3 Å². The molecule has 1 aliphatic rings. The van der Waals surface area contributed by atoms with Crippen molar-refractivity contribution in [1.29, 1.82) is 0 Å². The van der Waals surface area contributed by atoms with E-state index in [1.165, 1.54) is 4.90 Å². The number of benzene rings is 1. The van der Waals surface area contributed by atoms with E-state index >= 15 is 0 Å². The highest BCUT2D eigenvalue weighted by molar-refractivity contribution is 8.00. The van der Waals surface area contributed by atoms with E-state index < -0.39 is 12.0 Å². The van der Waals surface area contributed by atoms with Crippen LogP contribution in [-0.4, -0.2) is 45.5 Å². The van der Waals surface area contributed by atoms with Crippen LogP contribution in [-0.2, 0) is 9.59 Å². The summed E-state index contributed by atoms with van der Waals surface area (Å²) >= 11 is 5.77. The van der Waals surface area contributed by atoms with Gasteiger partial charge in [-0.05, 0) is 18.6 Å². The molecule has 1 saturated heterocycles. The highest BCUT2D eigenvalue weighted by Gasteiger charge is 2.40. The summed E-state index contributed by atoms with van der Waals surface area (Å²) < 4.78 is 0. The third-order valence-corrected chi connectivity index (χ3v) is 5.34. The van der Waals surface area contributed by atoms with Crippen molar-refractivity contribution < 1.29 is 14.7 Å². The Morgan fingerprint density at radius 1 is 1.43 bits per heavy atom. The molecule has 0 radical (unpaired) electrons. The smallest absolute Gasteiger partial charge is 0.326 e. The molecular formula is C15H19NO3S2. The fraction of sp³-hybridized carbons (Fsp3) is 0.467. The van der Waals surface area contributed by atoms with Crippen LogP contribution in [0.15, 0.2) is 35.2 Å². The van der Waals surface area contributed by atoms with Gasteiger partial charge < -0.3 is 10.0 Å². The van der Waals surface area contributed by atoms with Crippen molar-refractivity contribution in [3.05, 3.63) is 30.3 Å². The Labute approximate surface area is 134 Å². The fourth-order valence-electron chi connectivity index (χ4n) is 2.41. The Balaban J connectivity index is 2.08.